The van der Waals surface area contributed by atoms with Crippen molar-refractivity contribution < 1.29 is 24.5 Å². The molecule has 0 bridgehead atoms. The summed E-state index contributed by atoms with van der Waals surface area (Å²) in [6, 6.07) is 28.5. The van der Waals surface area contributed by atoms with E-state index in [1.807, 2.05) is 18.3 Å². The average molecular weight is 643 g/mol. The van der Waals surface area contributed by atoms with E-state index < -0.39 is 0 Å². The van der Waals surface area contributed by atoms with Gasteiger partial charge in [-0.05, 0) is 93.0 Å². The minimum absolute atomic E-state index is 0. The van der Waals surface area contributed by atoms with Crippen molar-refractivity contribution in [3.05, 3.63) is 113 Å². The molecule has 1 nitrogen and oxygen atoms in total. The zero-order chi connectivity index (χ0) is 23.1. The smallest absolute Gasteiger partial charge is 0.123 e. The Morgan fingerprint density at radius 2 is 1.33 bits per heavy atom. The molecule has 1 heterocycles. The Labute approximate surface area is 222 Å². The molecular formula is C33H21FIrN-. The molecule has 36 heavy (non-hydrogen) atoms. The van der Waals surface area contributed by atoms with Gasteiger partial charge in [0.2, 0.25) is 0 Å². The first kappa shape index (κ1) is 21.9. The third kappa shape index (κ3) is 3.06. The Kier molecular flexibility index (Phi) is 4.89. The number of fused-ring (bicyclic) bond motifs is 5. The molecule has 0 unspecified atom stereocenters. The molecule has 5 aromatic carbocycles. The molecule has 0 saturated heterocycles. The fourth-order valence-corrected chi connectivity index (χ4v) is 6.44. The molecule has 0 saturated carbocycles. The van der Waals surface area contributed by atoms with Gasteiger partial charge in [0.15, 0.2) is 0 Å². The second-order valence-electron chi connectivity index (χ2n) is 9.86. The minimum atomic E-state index is -0.203. The van der Waals surface area contributed by atoms with Gasteiger partial charge in [0.1, 0.15) is 5.82 Å². The maximum absolute atomic E-state index is 13.8. The summed E-state index contributed by atoms with van der Waals surface area (Å²) >= 11 is 0. The van der Waals surface area contributed by atoms with Crippen molar-refractivity contribution in [3.63, 3.8) is 0 Å². The summed E-state index contributed by atoms with van der Waals surface area (Å²) in [5, 5.41) is 6.61. The zero-order valence-electron chi connectivity index (χ0n) is 19.5. The maximum Gasteiger partial charge on any atom is 0.123 e. The van der Waals surface area contributed by atoms with Crippen molar-refractivity contribution in [1.29, 1.82) is 0 Å². The molecule has 2 aliphatic carbocycles. The van der Waals surface area contributed by atoms with Crippen LogP contribution in [-0.2, 0) is 45.8 Å². The van der Waals surface area contributed by atoms with Gasteiger partial charge in [-0.1, -0.05) is 59.7 Å². The third-order valence-electron chi connectivity index (χ3n) is 8.00. The summed E-state index contributed by atoms with van der Waals surface area (Å²) in [5.74, 6) is -0.203. The van der Waals surface area contributed by atoms with Crippen LogP contribution >= 0.6 is 0 Å². The number of hydrogen-bond donors (Lipinski definition) is 0. The molecular weight excluding hydrogens is 622 g/mol. The summed E-state index contributed by atoms with van der Waals surface area (Å²) in [4.78, 5) is 4.86. The summed E-state index contributed by atoms with van der Waals surface area (Å²) in [5.41, 5.74) is 10.7. The normalized spacial score (nSPS) is 13.6. The molecule has 1 radical (unpaired) electrons. The zero-order valence-corrected chi connectivity index (χ0v) is 21.9. The largest absolute Gasteiger partial charge is 0.304 e. The van der Waals surface area contributed by atoms with Crippen LogP contribution in [0, 0.1) is 11.9 Å². The Bertz CT molecular complexity index is 1820. The van der Waals surface area contributed by atoms with Crippen molar-refractivity contribution in [2.75, 3.05) is 0 Å². The van der Waals surface area contributed by atoms with E-state index in [2.05, 4.69) is 54.6 Å². The van der Waals surface area contributed by atoms with Gasteiger partial charge >= 0.3 is 0 Å². The Morgan fingerprint density at radius 3 is 2.22 bits per heavy atom. The second kappa shape index (κ2) is 8.06. The van der Waals surface area contributed by atoms with Gasteiger partial charge in [-0.3, -0.25) is 0 Å². The fraction of sp³-hybridized carbons (Fsp3) is 0.121. The summed E-state index contributed by atoms with van der Waals surface area (Å²) < 4.78 is 13.8. The number of rotatable bonds is 1. The van der Waals surface area contributed by atoms with Crippen LogP contribution in [0.5, 0.6) is 0 Å². The Balaban J connectivity index is 0.00000220. The van der Waals surface area contributed by atoms with Gasteiger partial charge in [-0.15, -0.1) is 28.8 Å². The predicted molar refractivity (Wildman–Crippen MR) is 141 cm³/mol. The number of nitrogens with zero attached hydrogens (tertiary/aromatic N) is 1. The molecule has 0 aliphatic heterocycles. The van der Waals surface area contributed by atoms with Crippen LogP contribution in [0.25, 0.3) is 54.7 Å². The SMILES string of the molecule is Fc1ccc2c(ccc3c4ccnc(-c5[c-]c6c7c(c5)CCc5cccc(c5-7)CC6)c4ccc23)c1.[Ir]. The van der Waals surface area contributed by atoms with Gasteiger partial charge < -0.3 is 4.98 Å². The van der Waals surface area contributed by atoms with E-state index in [9.17, 15) is 4.39 Å². The first-order valence-corrected chi connectivity index (χ1v) is 12.3. The van der Waals surface area contributed by atoms with Crippen LogP contribution in [-0.4, -0.2) is 4.98 Å². The van der Waals surface area contributed by atoms with Crippen LogP contribution in [0.1, 0.15) is 22.3 Å². The van der Waals surface area contributed by atoms with Crippen LogP contribution in [0.15, 0.2) is 79.0 Å². The molecule has 0 N–H and O–H groups in total. The quantitative estimate of drug-likeness (QED) is 0.131. The van der Waals surface area contributed by atoms with Crippen molar-refractivity contribution in [3.8, 4) is 22.4 Å². The molecule has 2 aliphatic rings. The van der Waals surface area contributed by atoms with E-state index in [0.717, 1.165) is 58.5 Å². The number of hydrogen-bond acceptors (Lipinski definition) is 1. The van der Waals surface area contributed by atoms with Crippen LogP contribution in [0.4, 0.5) is 4.39 Å². The van der Waals surface area contributed by atoms with E-state index in [1.165, 1.54) is 44.2 Å². The van der Waals surface area contributed by atoms with Gasteiger partial charge in [-0.2, -0.15) is 0 Å². The van der Waals surface area contributed by atoms with Crippen molar-refractivity contribution in [2.24, 2.45) is 0 Å². The van der Waals surface area contributed by atoms with Gasteiger partial charge in [0.05, 0.1) is 0 Å². The van der Waals surface area contributed by atoms with Crippen molar-refractivity contribution >= 4 is 32.3 Å². The standard InChI is InChI=1S/C33H21FN.Ir/c34-25-9-11-26-21(18-25)8-10-28-27(26)12-13-30-29(28)14-15-35-33(30)24-16-22-6-4-19-2-1-3-20-5-7-23(17-24)32(22)31(19)20;/h1-3,8-16,18H,4-7H2;/q-1;. The number of aryl methyl sites for hydroxylation is 4. The van der Waals surface area contributed by atoms with E-state index in [0.29, 0.717) is 0 Å². The molecule has 0 amide bonds. The molecule has 6 aromatic rings. The summed E-state index contributed by atoms with van der Waals surface area (Å²) in [7, 11) is 0. The number of benzene rings is 5. The Hall–Kier alpha value is -3.39. The van der Waals surface area contributed by atoms with Crippen LogP contribution < -0.4 is 0 Å². The van der Waals surface area contributed by atoms with Crippen molar-refractivity contribution in [1.82, 2.24) is 4.98 Å². The molecule has 0 spiro atoms. The molecule has 0 atom stereocenters. The predicted octanol–water partition coefficient (Wildman–Crippen LogP) is 8.01. The molecule has 1 aromatic heterocycles. The first-order chi connectivity index (χ1) is 17.2. The summed E-state index contributed by atoms with van der Waals surface area (Å²) in [6.07, 6.45) is 6.19. The van der Waals surface area contributed by atoms with E-state index in [-0.39, 0.29) is 25.9 Å². The second-order valence-corrected chi connectivity index (χ2v) is 9.86. The number of halogens is 1. The molecule has 3 heteroatoms. The van der Waals surface area contributed by atoms with E-state index in [1.54, 1.807) is 12.1 Å². The van der Waals surface area contributed by atoms with Gasteiger partial charge in [0, 0.05) is 26.3 Å². The first-order valence-electron chi connectivity index (χ1n) is 12.3. The monoisotopic (exact) mass is 643 g/mol. The number of aromatic nitrogens is 1. The topological polar surface area (TPSA) is 12.9 Å². The third-order valence-corrected chi connectivity index (χ3v) is 8.00. The van der Waals surface area contributed by atoms with E-state index >= 15 is 0 Å². The summed E-state index contributed by atoms with van der Waals surface area (Å²) in [6.45, 7) is 0. The van der Waals surface area contributed by atoms with E-state index in [4.69, 9.17) is 4.98 Å². The average Bonchev–Trinajstić information content (AvgIpc) is 2.90. The van der Waals surface area contributed by atoms with Crippen LogP contribution in [0.3, 0.4) is 0 Å². The van der Waals surface area contributed by atoms with Gasteiger partial charge in [-0.25, -0.2) is 4.39 Å². The minimum Gasteiger partial charge on any atom is -0.304 e. The van der Waals surface area contributed by atoms with Crippen LogP contribution in [0.2, 0.25) is 0 Å². The van der Waals surface area contributed by atoms with Gasteiger partial charge in [0.25, 0.3) is 0 Å². The Morgan fingerprint density at radius 1 is 0.639 bits per heavy atom. The number of pyridine rings is 1. The molecule has 8 rings (SSSR count). The molecule has 0 fully saturated rings. The van der Waals surface area contributed by atoms with Crippen molar-refractivity contribution in [2.45, 2.75) is 25.7 Å². The maximum atomic E-state index is 13.8. The fourth-order valence-electron chi connectivity index (χ4n) is 6.44. The molecule has 175 valence electrons.